The van der Waals surface area contributed by atoms with Crippen LogP contribution in [0.4, 0.5) is 0 Å². The first kappa shape index (κ1) is 18.0. The molecule has 2 aromatic rings. The largest absolute Gasteiger partial charge is 0.389 e. The second kappa shape index (κ2) is 9.08. The van der Waals surface area contributed by atoms with E-state index in [0.29, 0.717) is 26.3 Å². The van der Waals surface area contributed by atoms with Gasteiger partial charge >= 0.3 is 0 Å². The highest BCUT2D eigenvalue weighted by atomic mass is 16.5. The highest BCUT2D eigenvalue weighted by Crippen LogP contribution is 2.15. The maximum atomic E-state index is 9.98. The van der Waals surface area contributed by atoms with Crippen LogP contribution in [-0.2, 0) is 11.3 Å². The van der Waals surface area contributed by atoms with E-state index in [4.69, 9.17) is 4.74 Å². The number of aliphatic hydroxyl groups is 2. The van der Waals surface area contributed by atoms with E-state index in [1.807, 2.05) is 48.5 Å². The summed E-state index contributed by atoms with van der Waals surface area (Å²) in [5.74, 6) is 0. The van der Waals surface area contributed by atoms with Crippen molar-refractivity contribution < 1.29 is 14.9 Å². The van der Waals surface area contributed by atoms with Crippen LogP contribution in [0.2, 0.25) is 0 Å². The van der Waals surface area contributed by atoms with E-state index in [1.165, 1.54) is 0 Å². The molecule has 0 aromatic heterocycles. The molecule has 0 radical (unpaired) electrons. The Kier molecular flexibility index (Phi) is 6.55. The van der Waals surface area contributed by atoms with Crippen molar-refractivity contribution >= 4 is 0 Å². The molecule has 0 bridgehead atoms. The fourth-order valence-electron chi connectivity index (χ4n) is 3.07. The van der Waals surface area contributed by atoms with Crippen LogP contribution in [0, 0.1) is 0 Å². The van der Waals surface area contributed by atoms with Gasteiger partial charge in [-0.3, -0.25) is 0 Å². The van der Waals surface area contributed by atoms with Crippen LogP contribution in [0.15, 0.2) is 60.7 Å². The van der Waals surface area contributed by atoms with Crippen LogP contribution in [0.3, 0.4) is 0 Å². The molecule has 0 amide bonds. The summed E-state index contributed by atoms with van der Waals surface area (Å²) in [6.07, 6.45) is -1.44. The van der Waals surface area contributed by atoms with E-state index in [1.54, 1.807) is 0 Å². The van der Waals surface area contributed by atoms with Crippen LogP contribution in [-0.4, -0.2) is 48.2 Å². The van der Waals surface area contributed by atoms with Gasteiger partial charge in [-0.2, -0.15) is 0 Å². The molecule has 0 unspecified atom stereocenters. The topological polar surface area (TPSA) is 73.8 Å². The molecule has 1 aliphatic rings. The number of hydrogen-bond donors (Lipinski definition) is 4. The molecule has 3 rings (SSSR count). The Labute approximate surface area is 148 Å². The number of aliphatic hydroxyl groups excluding tert-OH is 2. The molecule has 2 aromatic carbocycles. The quantitative estimate of drug-likeness (QED) is 0.581. The fourth-order valence-corrected chi connectivity index (χ4v) is 3.07. The van der Waals surface area contributed by atoms with Crippen LogP contribution < -0.4 is 10.6 Å². The molecule has 5 nitrogen and oxygen atoms in total. The minimum atomic E-state index is -0.742. The number of β-amino-alcohol motifs (C(OH)–C–C–N with tert-alkyl or cyclic N) is 1. The Morgan fingerprint density at radius 2 is 1.72 bits per heavy atom. The maximum absolute atomic E-state index is 9.98. The Morgan fingerprint density at radius 1 is 1.04 bits per heavy atom. The fraction of sp³-hybridized carbons (Fsp3) is 0.400. The normalized spacial score (nSPS) is 24.3. The third-order valence-electron chi connectivity index (χ3n) is 4.58. The van der Waals surface area contributed by atoms with Gasteiger partial charge in [0.25, 0.3) is 0 Å². The van der Waals surface area contributed by atoms with Crippen molar-refractivity contribution in [2.24, 2.45) is 0 Å². The number of benzene rings is 2. The number of ether oxygens (including phenoxy) is 1. The van der Waals surface area contributed by atoms with Gasteiger partial charge in [0.05, 0.1) is 31.5 Å². The summed E-state index contributed by atoms with van der Waals surface area (Å²) in [5.41, 5.74) is 2.29. The molecule has 0 spiro atoms. The zero-order valence-electron chi connectivity index (χ0n) is 14.2. The summed E-state index contributed by atoms with van der Waals surface area (Å²) >= 11 is 0. The molecule has 1 aliphatic heterocycles. The third kappa shape index (κ3) is 5.11. The number of hydrogen-bond acceptors (Lipinski definition) is 5. The van der Waals surface area contributed by atoms with Crippen molar-refractivity contribution in [1.82, 2.24) is 10.6 Å². The van der Waals surface area contributed by atoms with Gasteiger partial charge in [-0.1, -0.05) is 60.7 Å². The summed E-state index contributed by atoms with van der Waals surface area (Å²) in [6, 6.07) is 20.1. The molecule has 0 saturated carbocycles. The summed E-state index contributed by atoms with van der Waals surface area (Å²) < 4.78 is 5.90. The van der Waals surface area contributed by atoms with E-state index in [9.17, 15) is 10.2 Å². The molecular weight excluding hydrogens is 316 g/mol. The molecule has 1 saturated heterocycles. The SMILES string of the molecule is O[C@H]1[C@@H](O)CN[C@@H]1CN[C@@H](COCc1ccccc1)c1ccccc1. The molecule has 0 aliphatic carbocycles. The predicted molar refractivity (Wildman–Crippen MR) is 97.1 cm³/mol. The third-order valence-corrected chi connectivity index (χ3v) is 4.58. The van der Waals surface area contributed by atoms with Gasteiger partial charge in [-0.25, -0.2) is 0 Å². The second-order valence-corrected chi connectivity index (χ2v) is 6.44. The number of nitrogens with one attached hydrogen (secondary N) is 2. The van der Waals surface area contributed by atoms with E-state index in [-0.39, 0.29) is 12.1 Å². The molecule has 25 heavy (non-hydrogen) atoms. The molecular formula is C20H26N2O3. The Hall–Kier alpha value is -1.76. The van der Waals surface area contributed by atoms with Gasteiger partial charge in [0, 0.05) is 19.1 Å². The lowest BCUT2D eigenvalue weighted by atomic mass is 10.1. The minimum Gasteiger partial charge on any atom is -0.389 e. The first-order valence-electron chi connectivity index (χ1n) is 8.73. The van der Waals surface area contributed by atoms with E-state index in [2.05, 4.69) is 22.8 Å². The Bertz CT molecular complexity index is 623. The van der Waals surface area contributed by atoms with Crippen molar-refractivity contribution in [3.63, 3.8) is 0 Å². The van der Waals surface area contributed by atoms with Crippen LogP contribution in [0.25, 0.3) is 0 Å². The lowest BCUT2D eigenvalue weighted by molar-refractivity contribution is 0.0388. The van der Waals surface area contributed by atoms with Gasteiger partial charge < -0.3 is 25.6 Å². The molecule has 4 atom stereocenters. The van der Waals surface area contributed by atoms with E-state index >= 15 is 0 Å². The average molecular weight is 342 g/mol. The van der Waals surface area contributed by atoms with E-state index < -0.39 is 12.2 Å². The summed E-state index contributed by atoms with van der Waals surface area (Å²) in [4.78, 5) is 0. The standard InChI is InChI=1S/C20H26N2O3/c23-19-12-22-17(20(19)24)11-21-18(16-9-5-2-6-10-16)14-25-13-15-7-3-1-4-8-15/h1-10,17-24H,11-14H2/t17-,18+,19+,20-/m1/s1. The maximum Gasteiger partial charge on any atom is 0.0976 e. The van der Waals surface area contributed by atoms with Crippen molar-refractivity contribution in [3.8, 4) is 0 Å². The molecule has 1 heterocycles. The van der Waals surface area contributed by atoms with Gasteiger partial charge in [0.15, 0.2) is 0 Å². The lowest BCUT2D eigenvalue weighted by Crippen LogP contribution is -2.43. The smallest absolute Gasteiger partial charge is 0.0976 e. The van der Waals surface area contributed by atoms with Crippen LogP contribution in [0.5, 0.6) is 0 Å². The van der Waals surface area contributed by atoms with Gasteiger partial charge in [0.2, 0.25) is 0 Å². The Balaban J connectivity index is 1.56. The molecule has 5 heteroatoms. The van der Waals surface area contributed by atoms with Crippen molar-refractivity contribution in [1.29, 1.82) is 0 Å². The van der Waals surface area contributed by atoms with Crippen molar-refractivity contribution in [3.05, 3.63) is 71.8 Å². The van der Waals surface area contributed by atoms with Crippen LogP contribution in [0.1, 0.15) is 17.2 Å². The van der Waals surface area contributed by atoms with E-state index in [0.717, 1.165) is 11.1 Å². The molecule has 4 N–H and O–H groups in total. The second-order valence-electron chi connectivity index (χ2n) is 6.44. The van der Waals surface area contributed by atoms with Crippen molar-refractivity contribution in [2.75, 3.05) is 19.7 Å². The first-order chi connectivity index (χ1) is 12.2. The van der Waals surface area contributed by atoms with Gasteiger partial charge in [-0.15, -0.1) is 0 Å². The average Bonchev–Trinajstić information content (AvgIpc) is 2.98. The number of rotatable bonds is 8. The lowest BCUT2D eigenvalue weighted by Gasteiger charge is -2.23. The monoisotopic (exact) mass is 342 g/mol. The highest BCUT2D eigenvalue weighted by Gasteiger charge is 2.33. The van der Waals surface area contributed by atoms with Gasteiger partial charge in [-0.05, 0) is 11.1 Å². The van der Waals surface area contributed by atoms with Crippen molar-refractivity contribution in [2.45, 2.75) is 30.9 Å². The minimum absolute atomic E-state index is 0.0247. The van der Waals surface area contributed by atoms with Crippen LogP contribution >= 0.6 is 0 Å². The molecule has 1 fully saturated rings. The zero-order valence-corrected chi connectivity index (χ0v) is 14.2. The summed E-state index contributed by atoms with van der Waals surface area (Å²) in [7, 11) is 0. The highest BCUT2D eigenvalue weighted by molar-refractivity contribution is 5.19. The molecule has 134 valence electrons. The summed E-state index contributed by atoms with van der Waals surface area (Å²) in [6.45, 7) is 2.08. The predicted octanol–water partition coefficient (Wildman–Crippen LogP) is 1.23. The first-order valence-corrected chi connectivity index (χ1v) is 8.73. The van der Waals surface area contributed by atoms with Gasteiger partial charge in [0.1, 0.15) is 0 Å². The Morgan fingerprint density at radius 3 is 2.36 bits per heavy atom. The summed E-state index contributed by atoms with van der Waals surface area (Å²) in [5, 5.41) is 26.2. The zero-order chi connectivity index (χ0) is 17.5.